The summed E-state index contributed by atoms with van der Waals surface area (Å²) >= 11 is 1.55. The van der Waals surface area contributed by atoms with Crippen LogP contribution in [0.3, 0.4) is 0 Å². The zero-order chi connectivity index (χ0) is 20.1. The van der Waals surface area contributed by atoms with Crippen molar-refractivity contribution in [1.82, 2.24) is 15.2 Å². The van der Waals surface area contributed by atoms with Crippen molar-refractivity contribution in [3.05, 3.63) is 76.3 Å². The van der Waals surface area contributed by atoms with E-state index in [1.807, 2.05) is 29.6 Å². The zero-order valence-electron chi connectivity index (χ0n) is 16.2. The number of aromatic nitrogens is 1. The van der Waals surface area contributed by atoms with Gasteiger partial charge in [-0.25, -0.2) is 4.98 Å². The molecule has 0 atom stereocenters. The topological polar surface area (TPSA) is 62.3 Å². The fourth-order valence-electron chi connectivity index (χ4n) is 2.75. The Kier molecular flexibility index (Phi) is 6.21. The van der Waals surface area contributed by atoms with E-state index in [-0.39, 0.29) is 18.2 Å². The first-order chi connectivity index (χ1) is 13.4. The number of carbonyl (C=O) groups excluding carboxylic acids is 2. The van der Waals surface area contributed by atoms with Crippen molar-refractivity contribution in [2.24, 2.45) is 0 Å². The number of amides is 2. The van der Waals surface area contributed by atoms with Crippen LogP contribution in [-0.4, -0.2) is 35.8 Å². The van der Waals surface area contributed by atoms with Crippen LogP contribution in [0.1, 0.15) is 27.2 Å². The second-order valence-corrected chi connectivity index (χ2v) is 7.72. The molecule has 3 rings (SSSR count). The van der Waals surface area contributed by atoms with E-state index >= 15 is 0 Å². The van der Waals surface area contributed by atoms with Crippen molar-refractivity contribution in [1.29, 1.82) is 0 Å². The van der Waals surface area contributed by atoms with Gasteiger partial charge < -0.3 is 10.2 Å². The number of thiazole rings is 1. The number of rotatable bonds is 6. The molecule has 6 heteroatoms. The highest BCUT2D eigenvalue weighted by Crippen LogP contribution is 2.24. The lowest BCUT2D eigenvalue weighted by Crippen LogP contribution is -2.25. The second-order valence-electron chi connectivity index (χ2n) is 6.86. The molecule has 3 aromatic rings. The highest BCUT2D eigenvalue weighted by molar-refractivity contribution is 7.13. The maximum absolute atomic E-state index is 12.2. The summed E-state index contributed by atoms with van der Waals surface area (Å²) in [6, 6.07) is 15.4. The molecule has 0 bridgehead atoms. The van der Waals surface area contributed by atoms with E-state index in [2.05, 4.69) is 29.4 Å². The number of aryl methyl sites for hydroxylation is 1. The van der Waals surface area contributed by atoms with Crippen LogP contribution < -0.4 is 5.32 Å². The van der Waals surface area contributed by atoms with Crippen molar-refractivity contribution in [3.63, 3.8) is 0 Å². The van der Waals surface area contributed by atoms with Gasteiger partial charge in [-0.05, 0) is 30.7 Å². The van der Waals surface area contributed by atoms with Crippen LogP contribution in [0.15, 0.2) is 53.9 Å². The Morgan fingerprint density at radius 2 is 1.86 bits per heavy atom. The molecular weight excluding hydrogens is 370 g/mol. The molecule has 0 saturated heterocycles. The molecule has 0 fully saturated rings. The molecule has 28 heavy (non-hydrogen) atoms. The normalized spacial score (nSPS) is 10.5. The Hall–Kier alpha value is -2.99. The third-order valence-corrected chi connectivity index (χ3v) is 5.20. The third-order valence-electron chi connectivity index (χ3n) is 4.26. The summed E-state index contributed by atoms with van der Waals surface area (Å²) < 4.78 is 0. The first-order valence-corrected chi connectivity index (χ1v) is 9.89. The molecule has 0 aliphatic rings. The van der Waals surface area contributed by atoms with Crippen LogP contribution in [0.4, 0.5) is 0 Å². The van der Waals surface area contributed by atoms with Crippen molar-refractivity contribution in [2.45, 2.75) is 19.9 Å². The molecule has 5 nitrogen and oxygen atoms in total. The van der Waals surface area contributed by atoms with E-state index < -0.39 is 0 Å². The lowest BCUT2D eigenvalue weighted by molar-refractivity contribution is -0.120. The van der Waals surface area contributed by atoms with Gasteiger partial charge in [0.15, 0.2) is 0 Å². The van der Waals surface area contributed by atoms with E-state index in [1.54, 1.807) is 37.6 Å². The predicted molar refractivity (Wildman–Crippen MR) is 112 cm³/mol. The summed E-state index contributed by atoms with van der Waals surface area (Å²) in [5.41, 5.74) is 4.61. The quantitative estimate of drug-likeness (QED) is 0.695. The number of carbonyl (C=O) groups is 2. The highest BCUT2D eigenvalue weighted by Gasteiger charge is 2.10. The van der Waals surface area contributed by atoms with Gasteiger partial charge in [0.2, 0.25) is 5.91 Å². The van der Waals surface area contributed by atoms with Gasteiger partial charge in [-0.15, -0.1) is 11.3 Å². The second kappa shape index (κ2) is 8.80. The number of nitrogens with zero attached hydrogens (tertiary/aromatic N) is 2. The molecule has 2 aromatic carbocycles. The molecule has 0 aliphatic heterocycles. The van der Waals surface area contributed by atoms with E-state index in [1.165, 1.54) is 10.5 Å². The summed E-state index contributed by atoms with van der Waals surface area (Å²) in [5.74, 6) is -0.113. The first kappa shape index (κ1) is 19.8. The number of nitrogens with one attached hydrogen (secondary N) is 1. The molecule has 0 aliphatic carbocycles. The van der Waals surface area contributed by atoms with Crippen molar-refractivity contribution in [2.75, 3.05) is 14.1 Å². The molecular formula is C22H23N3O2S. The minimum absolute atomic E-state index is 0.0384. The van der Waals surface area contributed by atoms with Gasteiger partial charge in [0.05, 0.1) is 12.1 Å². The van der Waals surface area contributed by atoms with E-state index in [0.29, 0.717) is 12.1 Å². The van der Waals surface area contributed by atoms with Crippen LogP contribution in [-0.2, 0) is 17.8 Å². The number of hydrogen-bond donors (Lipinski definition) is 1. The Balaban J connectivity index is 1.54. The number of hydrogen-bond acceptors (Lipinski definition) is 4. The minimum Gasteiger partial charge on any atom is -0.352 e. The zero-order valence-corrected chi connectivity index (χ0v) is 17.0. The largest absolute Gasteiger partial charge is 0.352 e. The lowest BCUT2D eigenvalue weighted by Gasteiger charge is -2.10. The lowest BCUT2D eigenvalue weighted by atomic mass is 10.1. The monoisotopic (exact) mass is 393 g/mol. The van der Waals surface area contributed by atoms with E-state index in [4.69, 9.17) is 0 Å². The summed E-state index contributed by atoms with van der Waals surface area (Å²) in [4.78, 5) is 30.3. The smallest absolute Gasteiger partial charge is 0.253 e. The van der Waals surface area contributed by atoms with Gasteiger partial charge >= 0.3 is 0 Å². The number of benzene rings is 2. The Bertz CT molecular complexity index is 977. The summed E-state index contributed by atoms with van der Waals surface area (Å²) in [6.07, 6.45) is 0.250. The van der Waals surface area contributed by atoms with Crippen LogP contribution in [0, 0.1) is 6.92 Å². The van der Waals surface area contributed by atoms with Crippen LogP contribution in [0.25, 0.3) is 10.6 Å². The summed E-state index contributed by atoms with van der Waals surface area (Å²) in [7, 11) is 3.44. The Labute approximate surface area is 169 Å². The van der Waals surface area contributed by atoms with Gasteiger partial charge in [0.25, 0.3) is 5.91 Å². The first-order valence-electron chi connectivity index (χ1n) is 9.01. The molecule has 144 valence electrons. The Morgan fingerprint density at radius 3 is 2.54 bits per heavy atom. The molecule has 1 N–H and O–H groups in total. The summed E-state index contributed by atoms with van der Waals surface area (Å²) in [6.45, 7) is 2.47. The predicted octanol–water partition coefficient (Wildman–Crippen LogP) is 3.68. The molecule has 1 heterocycles. The van der Waals surface area contributed by atoms with Crippen molar-refractivity contribution in [3.8, 4) is 10.6 Å². The fraction of sp³-hybridized carbons (Fsp3) is 0.227. The highest BCUT2D eigenvalue weighted by atomic mass is 32.1. The van der Waals surface area contributed by atoms with E-state index in [0.717, 1.165) is 21.8 Å². The Morgan fingerprint density at radius 1 is 1.11 bits per heavy atom. The average Bonchev–Trinajstić information content (AvgIpc) is 3.14. The third kappa shape index (κ3) is 5.04. The van der Waals surface area contributed by atoms with E-state index in [9.17, 15) is 9.59 Å². The maximum atomic E-state index is 12.2. The molecule has 0 spiro atoms. The minimum atomic E-state index is -0.0745. The van der Waals surface area contributed by atoms with Gasteiger partial charge in [-0.2, -0.15) is 0 Å². The van der Waals surface area contributed by atoms with Crippen molar-refractivity contribution >= 4 is 23.2 Å². The molecule has 0 unspecified atom stereocenters. The van der Waals surface area contributed by atoms with Gasteiger partial charge in [0.1, 0.15) is 5.01 Å². The van der Waals surface area contributed by atoms with Crippen LogP contribution >= 0.6 is 11.3 Å². The van der Waals surface area contributed by atoms with Gasteiger partial charge in [0, 0.05) is 37.1 Å². The van der Waals surface area contributed by atoms with Crippen LogP contribution in [0.5, 0.6) is 0 Å². The standard InChI is InChI=1S/C22H23N3O2S/c1-15-5-4-6-18(11-15)21-24-19(14-28-21)12-20(26)23-13-16-7-9-17(10-8-16)22(27)25(2)3/h4-11,14H,12-13H2,1-3H3,(H,23,26). The molecule has 0 saturated carbocycles. The SMILES string of the molecule is Cc1cccc(-c2nc(CC(=O)NCc3ccc(C(=O)N(C)C)cc3)cs2)c1. The van der Waals surface area contributed by atoms with Gasteiger partial charge in [-0.1, -0.05) is 35.9 Å². The molecule has 1 aromatic heterocycles. The fourth-order valence-corrected chi connectivity index (χ4v) is 3.57. The van der Waals surface area contributed by atoms with Crippen molar-refractivity contribution < 1.29 is 9.59 Å². The maximum Gasteiger partial charge on any atom is 0.253 e. The molecule has 0 radical (unpaired) electrons. The van der Waals surface area contributed by atoms with Gasteiger partial charge in [-0.3, -0.25) is 9.59 Å². The average molecular weight is 394 g/mol. The van der Waals surface area contributed by atoms with Crippen LogP contribution in [0.2, 0.25) is 0 Å². The molecule has 2 amide bonds. The summed E-state index contributed by atoms with van der Waals surface area (Å²) in [5, 5.41) is 5.76.